The second kappa shape index (κ2) is 6.43. The zero-order chi connectivity index (χ0) is 14.9. The van der Waals surface area contributed by atoms with E-state index in [9.17, 15) is 9.59 Å². The van der Waals surface area contributed by atoms with Gasteiger partial charge in [-0.25, -0.2) is 4.79 Å². The first-order valence-electron chi connectivity index (χ1n) is 6.60. The summed E-state index contributed by atoms with van der Waals surface area (Å²) >= 11 is 6.75. The van der Waals surface area contributed by atoms with Crippen LogP contribution >= 0.6 is 31.9 Å². The van der Waals surface area contributed by atoms with Crippen LogP contribution in [0.4, 0.5) is 0 Å². The average Bonchev–Trinajstić information content (AvgIpc) is 2.97. The maximum atomic E-state index is 12.6. The average molecular weight is 407 g/mol. The lowest BCUT2D eigenvalue weighted by molar-refractivity contribution is 0.0597. The molecule has 0 radical (unpaired) electrons. The fourth-order valence-corrected chi connectivity index (χ4v) is 3.83. The van der Waals surface area contributed by atoms with Crippen molar-refractivity contribution in [1.29, 1.82) is 0 Å². The summed E-state index contributed by atoms with van der Waals surface area (Å²) in [7, 11) is 1.36. The van der Waals surface area contributed by atoms with E-state index in [1.807, 2.05) is 0 Å². The molecule has 2 rings (SSSR count). The molecule has 1 fully saturated rings. The second-order valence-corrected chi connectivity index (χ2v) is 6.35. The molecule has 0 unspecified atom stereocenters. The quantitative estimate of drug-likeness (QED) is 0.567. The van der Waals surface area contributed by atoms with Gasteiger partial charge in [-0.05, 0) is 41.3 Å². The Labute approximate surface area is 134 Å². The van der Waals surface area contributed by atoms with Crippen molar-refractivity contribution in [3.05, 3.63) is 31.6 Å². The molecule has 0 bridgehead atoms. The maximum Gasteiger partial charge on any atom is 0.339 e. The smallest absolute Gasteiger partial charge is 0.339 e. The first kappa shape index (κ1) is 15.8. The number of pyridine rings is 1. The highest BCUT2D eigenvalue weighted by Gasteiger charge is 2.27. The molecule has 0 spiro atoms. The minimum atomic E-state index is -0.399. The Kier molecular flexibility index (Phi) is 5.07. The van der Waals surface area contributed by atoms with Crippen molar-refractivity contribution in [3.8, 4) is 0 Å². The normalized spacial score (nSPS) is 15.6. The van der Waals surface area contributed by atoms with Crippen LogP contribution in [0.1, 0.15) is 53.3 Å². The molecule has 1 heterocycles. The number of halogens is 2. The molecule has 0 atom stereocenters. The van der Waals surface area contributed by atoms with Gasteiger partial charge in [0.1, 0.15) is 0 Å². The number of carbonyl (C=O) groups excluding carboxylic acids is 1. The molecule has 0 N–H and O–H groups in total. The number of nitrogens with zero attached hydrogens (tertiary/aromatic N) is 1. The van der Waals surface area contributed by atoms with Crippen LogP contribution in [0.3, 0.4) is 0 Å². The van der Waals surface area contributed by atoms with E-state index in [0.29, 0.717) is 20.9 Å². The van der Waals surface area contributed by atoms with E-state index < -0.39 is 5.97 Å². The summed E-state index contributed by atoms with van der Waals surface area (Å²) in [5.74, 6) is -0.399. The van der Waals surface area contributed by atoms with Crippen molar-refractivity contribution in [3.63, 3.8) is 0 Å². The molecular weight excluding hydrogens is 390 g/mol. The Morgan fingerprint density at radius 2 is 2.00 bits per heavy atom. The van der Waals surface area contributed by atoms with Crippen LogP contribution in [0.2, 0.25) is 0 Å². The molecule has 20 heavy (non-hydrogen) atoms. The molecule has 0 amide bonds. The summed E-state index contributed by atoms with van der Waals surface area (Å²) in [6.45, 7) is 1.77. The molecule has 1 saturated carbocycles. The molecule has 110 valence electrons. The minimum Gasteiger partial charge on any atom is -0.465 e. The van der Waals surface area contributed by atoms with E-state index in [-0.39, 0.29) is 11.6 Å². The van der Waals surface area contributed by atoms with Gasteiger partial charge in [-0.2, -0.15) is 0 Å². The number of carbonyl (C=O) groups is 1. The first-order chi connectivity index (χ1) is 9.52. The van der Waals surface area contributed by atoms with Crippen LogP contribution in [-0.4, -0.2) is 17.6 Å². The first-order valence-corrected chi connectivity index (χ1v) is 8.52. The van der Waals surface area contributed by atoms with Crippen LogP contribution in [0.15, 0.2) is 9.27 Å². The highest BCUT2D eigenvalue weighted by atomic mass is 79.9. The molecule has 1 aromatic heterocycles. The molecule has 0 aliphatic heterocycles. The molecule has 0 aromatic carbocycles. The van der Waals surface area contributed by atoms with Gasteiger partial charge in [0.15, 0.2) is 0 Å². The third-order valence-electron chi connectivity index (χ3n) is 3.90. The van der Waals surface area contributed by atoms with Crippen LogP contribution < -0.4 is 5.56 Å². The van der Waals surface area contributed by atoms with Crippen LogP contribution in [0, 0.1) is 6.92 Å². The second-order valence-electron chi connectivity index (χ2n) is 5.00. The van der Waals surface area contributed by atoms with Gasteiger partial charge in [0, 0.05) is 17.1 Å². The third kappa shape index (κ3) is 2.60. The number of aromatic nitrogens is 1. The predicted octanol–water partition coefficient (Wildman–Crippen LogP) is 3.72. The number of rotatable bonds is 3. The van der Waals surface area contributed by atoms with Crippen molar-refractivity contribution in [2.45, 2.75) is 44.0 Å². The van der Waals surface area contributed by atoms with Gasteiger partial charge < -0.3 is 9.30 Å². The fourth-order valence-electron chi connectivity index (χ4n) is 2.89. The van der Waals surface area contributed by atoms with Crippen molar-refractivity contribution in [2.24, 2.45) is 0 Å². The van der Waals surface area contributed by atoms with Gasteiger partial charge in [0.2, 0.25) is 0 Å². The van der Waals surface area contributed by atoms with Gasteiger partial charge in [-0.3, -0.25) is 4.79 Å². The number of esters is 1. The summed E-state index contributed by atoms with van der Waals surface area (Å²) in [5, 5.41) is 0.456. The third-order valence-corrected chi connectivity index (χ3v) is 5.36. The molecule has 0 saturated heterocycles. The van der Waals surface area contributed by atoms with Crippen molar-refractivity contribution in [1.82, 2.24) is 4.57 Å². The summed E-state index contributed by atoms with van der Waals surface area (Å²) in [4.78, 5) is 24.6. The van der Waals surface area contributed by atoms with Gasteiger partial charge in [0.25, 0.3) is 5.56 Å². The van der Waals surface area contributed by atoms with Gasteiger partial charge in [-0.1, -0.05) is 28.8 Å². The lowest BCUT2D eigenvalue weighted by Crippen LogP contribution is -2.31. The maximum absolute atomic E-state index is 12.6. The zero-order valence-corrected chi connectivity index (χ0v) is 14.7. The summed E-state index contributed by atoms with van der Waals surface area (Å²) < 4.78 is 7.10. The van der Waals surface area contributed by atoms with Crippen molar-refractivity contribution < 1.29 is 9.53 Å². The summed E-state index contributed by atoms with van der Waals surface area (Å²) in [6, 6.07) is 0.176. The van der Waals surface area contributed by atoms with Gasteiger partial charge in [0.05, 0.1) is 17.1 Å². The van der Waals surface area contributed by atoms with E-state index in [0.717, 1.165) is 31.4 Å². The monoisotopic (exact) mass is 405 g/mol. The SMILES string of the molecule is COC(=O)c1c(C)c(Br)c(=O)n(C2CCCC2)c1CBr. The molecular formula is C14H17Br2NO3. The molecule has 6 heteroatoms. The van der Waals surface area contributed by atoms with E-state index in [1.165, 1.54) is 7.11 Å². The molecule has 1 aliphatic carbocycles. The fraction of sp³-hybridized carbons (Fsp3) is 0.571. The highest BCUT2D eigenvalue weighted by Crippen LogP contribution is 2.32. The number of ether oxygens (including phenoxy) is 1. The Bertz CT molecular complexity index is 589. The van der Waals surface area contributed by atoms with Crippen molar-refractivity contribution in [2.75, 3.05) is 7.11 Å². The number of methoxy groups -OCH3 is 1. The minimum absolute atomic E-state index is 0.0588. The van der Waals surface area contributed by atoms with Gasteiger partial charge in [-0.15, -0.1) is 0 Å². The predicted molar refractivity (Wildman–Crippen MR) is 84.6 cm³/mol. The van der Waals surface area contributed by atoms with Crippen LogP contribution in [-0.2, 0) is 10.1 Å². The Morgan fingerprint density at radius 3 is 2.50 bits per heavy atom. The Balaban J connectivity index is 2.75. The summed E-state index contributed by atoms with van der Waals surface area (Å²) in [6.07, 6.45) is 4.21. The van der Waals surface area contributed by atoms with E-state index in [1.54, 1.807) is 11.5 Å². The van der Waals surface area contributed by atoms with Crippen LogP contribution in [0.5, 0.6) is 0 Å². The standard InChI is InChI=1S/C14H17Br2NO3/c1-8-11(14(19)20-2)10(7-15)17(13(18)12(8)16)9-5-3-4-6-9/h9H,3-7H2,1-2H3. The van der Waals surface area contributed by atoms with E-state index in [2.05, 4.69) is 31.9 Å². The van der Waals surface area contributed by atoms with Gasteiger partial charge >= 0.3 is 5.97 Å². The number of alkyl halides is 1. The number of hydrogen-bond donors (Lipinski definition) is 0. The molecule has 1 aliphatic rings. The number of hydrogen-bond acceptors (Lipinski definition) is 3. The molecule has 1 aromatic rings. The highest BCUT2D eigenvalue weighted by molar-refractivity contribution is 9.10. The van der Waals surface area contributed by atoms with Crippen LogP contribution in [0.25, 0.3) is 0 Å². The Hall–Kier alpha value is -0.620. The zero-order valence-electron chi connectivity index (χ0n) is 11.5. The lowest BCUT2D eigenvalue weighted by Gasteiger charge is -2.22. The van der Waals surface area contributed by atoms with E-state index in [4.69, 9.17) is 4.74 Å². The molecule has 4 nitrogen and oxygen atoms in total. The topological polar surface area (TPSA) is 48.3 Å². The Morgan fingerprint density at radius 1 is 1.40 bits per heavy atom. The van der Waals surface area contributed by atoms with Crippen molar-refractivity contribution >= 4 is 37.8 Å². The largest absolute Gasteiger partial charge is 0.465 e. The lowest BCUT2D eigenvalue weighted by atomic mass is 10.1. The summed E-state index contributed by atoms with van der Waals surface area (Å²) in [5.41, 5.74) is 1.79. The van der Waals surface area contributed by atoms with E-state index >= 15 is 0 Å².